The highest BCUT2D eigenvalue weighted by Gasteiger charge is 2.18. The molecule has 11 aromatic rings. The Morgan fingerprint density at radius 2 is 0.923 bits per heavy atom. The van der Waals surface area contributed by atoms with Crippen molar-refractivity contribution in [3.63, 3.8) is 0 Å². The lowest BCUT2D eigenvalue weighted by Crippen LogP contribution is -2.00. The number of pyridine rings is 2. The molecule has 0 N–H and O–H groups in total. The molecule has 4 heterocycles. The van der Waals surface area contributed by atoms with Crippen LogP contribution in [0.4, 0.5) is 0 Å². The first-order chi connectivity index (χ1) is 25.8. The summed E-state index contributed by atoms with van der Waals surface area (Å²) in [7, 11) is 0. The fourth-order valence-electron chi connectivity index (χ4n) is 8.23. The van der Waals surface area contributed by atoms with Crippen molar-refractivity contribution in [2.75, 3.05) is 0 Å². The van der Waals surface area contributed by atoms with E-state index in [4.69, 9.17) is 9.97 Å². The zero-order valence-electron chi connectivity index (χ0n) is 28.1. The van der Waals surface area contributed by atoms with Crippen LogP contribution < -0.4 is 0 Å². The Balaban J connectivity index is 1.17. The third-order valence-electron chi connectivity index (χ3n) is 10.6. The summed E-state index contributed by atoms with van der Waals surface area (Å²) in [6, 6.07) is 63.0. The second kappa shape index (κ2) is 11.2. The fourth-order valence-corrected chi connectivity index (χ4v) is 8.23. The summed E-state index contributed by atoms with van der Waals surface area (Å²) < 4.78 is 4.69. The minimum atomic E-state index is 0.895. The Morgan fingerprint density at radius 1 is 0.385 bits per heavy atom. The van der Waals surface area contributed by atoms with Crippen molar-refractivity contribution in [3.05, 3.63) is 182 Å². The van der Waals surface area contributed by atoms with Gasteiger partial charge >= 0.3 is 0 Å². The van der Waals surface area contributed by atoms with Gasteiger partial charge in [0.15, 0.2) is 0 Å². The quantitative estimate of drug-likeness (QED) is 0.188. The number of hydrogen-bond donors (Lipinski definition) is 0. The van der Waals surface area contributed by atoms with E-state index < -0.39 is 0 Å². The van der Waals surface area contributed by atoms with Crippen LogP contribution in [0, 0.1) is 0 Å². The first kappa shape index (κ1) is 28.8. The van der Waals surface area contributed by atoms with Gasteiger partial charge in [-0.15, -0.1) is 0 Å². The van der Waals surface area contributed by atoms with Gasteiger partial charge in [0.25, 0.3) is 0 Å². The molecule has 11 rings (SSSR count). The van der Waals surface area contributed by atoms with Gasteiger partial charge in [0.05, 0.1) is 33.1 Å². The highest BCUT2D eigenvalue weighted by atomic mass is 15.1. The molecule has 4 aromatic heterocycles. The van der Waals surface area contributed by atoms with E-state index in [2.05, 4.69) is 179 Å². The van der Waals surface area contributed by atoms with Crippen LogP contribution in [-0.4, -0.2) is 19.1 Å². The molecule has 52 heavy (non-hydrogen) atoms. The average molecular weight is 663 g/mol. The largest absolute Gasteiger partial charge is 0.309 e. The maximum atomic E-state index is 5.40. The third-order valence-corrected chi connectivity index (χ3v) is 10.6. The molecular weight excluding hydrogens is 633 g/mol. The molecule has 242 valence electrons. The van der Waals surface area contributed by atoms with Gasteiger partial charge in [-0.05, 0) is 71.3 Å². The van der Waals surface area contributed by atoms with Crippen molar-refractivity contribution in [1.82, 2.24) is 19.1 Å². The minimum Gasteiger partial charge on any atom is -0.309 e. The molecule has 0 aliphatic rings. The van der Waals surface area contributed by atoms with Crippen LogP contribution in [0.1, 0.15) is 0 Å². The number of nitrogens with zero attached hydrogens (tertiary/aromatic N) is 4. The normalized spacial score (nSPS) is 11.8. The van der Waals surface area contributed by atoms with Gasteiger partial charge in [-0.25, -0.2) is 4.98 Å². The number of benzene rings is 7. The van der Waals surface area contributed by atoms with Crippen LogP contribution in [0.3, 0.4) is 0 Å². The highest BCUT2D eigenvalue weighted by molar-refractivity contribution is 6.11. The number of para-hydroxylation sites is 5. The first-order valence-electron chi connectivity index (χ1n) is 17.7. The first-order valence-corrected chi connectivity index (χ1v) is 17.7. The van der Waals surface area contributed by atoms with Gasteiger partial charge in [0, 0.05) is 49.8 Å². The van der Waals surface area contributed by atoms with Gasteiger partial charge in [-0.1, -0.05) is 121 Å². The summed E-state index contributed by atoms with van der Waals surface area (Å²) in [6.45, 7) is 0. The van der Waals surface area contributed by atoms with Crippen LogP contribution in [0.5, 0.6) is 0 Å². The van der Waals surface area contributed by atoms with E-state index in [1.165, 1.54) is 32.6 Å². The van der Waals surface area contributed by atoms with E-state index in [1.54, 1.807) is 0 Å². The molecule has 0 bridgehead atoms. The van der Waals surface area contributed by atoms with Gasteiger partial charge in [0.2, 0.25) is 0 Å². The second-order valence-corrected chi connectivity index (χ2v) is 13.4. The van der Waals surface area contributed by atoms with E-state index in [0.29, 0.717) is 0 Å². The van der Waals surface area contributed by atoms with Crippen molar-refractivity contribution in [2.24, 2.45) is 0 Å². The van der Waals surface area contributed by atoms with E-state index in [1.807, 2.05) is 12.3 Å². The maximum Gasteiger partial charge on any atom is 0.138 e. The van der Waals surface area contributed by atoms with Crippen LogP contribution in [0.25, 0.3) is 99.2 Å². The summed E-state index contributed by atoms with van der Waals surface area (Å²) in [4.78, 5) is 10.1. The molecule has 0 aliphatic carbocycles. The summed E-state index contributed by atoms with van der Waals surface area (Å²) in [5.41, 5.74) is 12.2. The molecule has 0 amide bonds. The van der Waals surface area contributed by atoms with Gasteiger partial charge in [-0.2, -0.15) is 0 Å². The molecule has 0 atom stereocenters. The zero-order valence-corrected chi connectivity index (χ0v) is 28.1. The van der Waals surface area contributed by atoms with Crippen LogP contribution in [0.2, 0.25) is 0 Å². The number of hydrogen-bond acceptors (Lipinski definition) is 2. The van der Waals surface area contributed by atoms with Crippen molar-refractivity contribution in [2.45, 2.75) is 0 Å². The molecule has 0 aliphatic heterocycles. The molecule has 0 radical (unpaired) electrons. The average Bonchev–Trinajstić information content (AvgIpc) is 3.73. The van der Waals surface area contributed by atoms with Crippen molar-refractivity contribution in [1.29, 1.82) is 0 Å². The van der Waals surface area contributed by atoms with Crippen molar-refractivity contribution in [3.8, 4) is 33.8 Å². The molecular formula is C48H30N4. The van der Waals surface area contributed by atoms with E-state index >= 15 is 0 Å². The SMILES string of the molecule is c1cnc2c(-c3ccc(-c4cc(-n5c6ccccc6c6ccccc65)nc5ccc(-n6c7ccccc7c7ccccc76)cc45)cc3)cccc2c1. The van der Waals surface area contributed by atoms with Crippen molar-refractivity contribution >= 4 is 65.4 Å². The van der Waals surface area contributed by atoms with Gasteiger partial charge in [0.1, 0.15) is 5.82 Å². The molecule has 0 unspecified atom stereocenters. The number of aromatic nitrogens is 4. The van der Waals surface area contributed by atoms with E-state index in [-0.39, 0.29) is 0 Å². The molecule has 0 saturated carbocycles. The molecule has 4 heteroatoms. The maximum absolute atomic E-state index is 5.40. The second-order valence-electron chi connectivity index (χ2n) is 13.4. The summed E-state index contributed by atoms with van der Waals surface area (Å²) in [6.07, 6.45) is 1.87. The smallest absolute Gasteiger partial charge is 0.138 e. The van der Waals surface area contributed by atoms with Crippen LogP contribution in [-0.2, 0) is 0 Å². The lowest BCUT2D eigenvalue weighted by atomic mass is 9.96. The predicted octanol–water partition coefficient (Wildman–Crippen LogP) is 12.3. The number of rotatable bonds is 4. The van der Waals surface area contributed by atoms with Crippen molar-refractivity contribution < 1.29 is 0 Å². The lowest BCUT2D eigenvalue weighted by Gasteiger charge is -2.15. The minimum absolute atomic E-state index is 0.895. The summed E-state index contributed by atoms with van der Waals surface area (Å²) in [5, 5.41) is 7.17. The Hall–Kier alpha value is -7.04. The number of fused-ring (bicyclic) bond motifs is 8. The van der Waals surface area contributed by atoms with Gasteiger partial charge < -0.3 is 4.57 Å². The lowest BCUT2D eigenvalue weighted by molar-refractivity contribution is 1.10. The van der Waals surface area contributed by atoms with E-state index in [9.17, 15) is 0 Å². The molecule has 4 nitrogen and oxygen atoms in total. The van der Waals surface area contributed by atoms with Gasteiger partial charge in [-0.3, -0.25) is 9.55 Å². The van der Waals surface area contributed by atoms with Crippen LogP contribution >= 0.6 is 0 Å². The zero-order chi connectivity index (χ0) is 34.2. The Labute approximate surface area is 299 Å². The summed E-state index contributed by atoms with van der Waals surface area (Å²) >= 11 is 0. The predicted molar refractivity (Wildman–Crippen MR) is 217 cm³/mol. The highest BCUT2D eigenvalue weighted by Crippen LogP contribution is 2.39. The molecule has 7 aromatic carbocycles. The standard InChI is InChI=1S/C48H30N4/c1-5-18-43-36(13-1)37-14-2-6-19-44(37)51(43)34-26-27-42-41(29-34)40(32-24-22-31(23-25-32)35-17-9-11-33-12-10-28-49-48(33)35)30-47(50-42)52-45-20-7-3-15-38(45)39-16-4-8-21-46(39)52/h1-30H. The molecule has 0 spiro atoms. The molecule has 0 fully saturated rings. The third kappa shape index (κ3) is 4.28. The van der Waals surface area contributed by atoms with E-state index in [0.717, 1.165) is 66.6 Å². The van der Waals surface area contributed by atoms with Crippen LogP contribution in [0.15, 0.2) is 182 Å². The Bertz CT molecular complexity index is 3070. The Morgan fingerprint density at radius 3 is 1.54 bits per heavy atom. The fraction of sp³-hybridized carbons (Fsp3) is 0. The molecule has 0 saturated heterocycles. The topological polar surface area (TPSA) is 35.6 Å². The Kier molecular flexibility index (Phi) is 6.22. The monoisotopic (exact) mass is 662 g/mol. The summed E-state index contributed by atoms with van der Waals surface area (Å²) in [5.74, 6) is 0.895.